The van der Waals surface area contributed by atoms with Crippen LogP contribution < -0.4 is 4.74 Å². The summed E-state index contributed by atoms with van der Waals surface area (Å²) in [6.07, 6.45) is -3.42. The van der Waals surface area contributed by atoms with Gasteiger partial charge in [0.05, 0.1) is 11.2 Å². The molecule has 0 aliphatic carbocycles. The molecule has 4 nitrogen and oxygen atoms in total. The van der Waals surface area contributed by atoms with Gasteiger partial charge in [0.2, 0.25) is 0 Å². The molecule has 1 heterocycles. The van der Waals surface area contributed by atoms with Crippen LogP contribution in [-0.2, 0) is 5.60 Å². The number of hydrogen-bond donors (Lipinski definition) is 1. The molecule has 0 fully saturated rings. The van der Waals surface area contributed by atoms with Crippen molar-refractivity contribution in [2.75, 3.05) is 0 Å². The molecule has 24 heavy (non-hydrogen) atoms. The van der Waals surface area contributed by atoms with Gasteiger partial charge in [-0.1, -0.05) is 30.3 Å². The number of nitrogens with zero attached hydrogens (tertiary/aromatic N) is 2. The number of aliphatic hydroxyl groups is 1. The maximum atomic E-state index is 12.2. The number of aromatic nitrogens is 2. The van der Waals surface area contributed by atoms with Gasteiger partial charge in [-0.05, 0) is 30.7 Å². The molecular weight excluding hydrogens is 321 g/mol. The van der Waals surface area contributed by atoms with Crippen LogP contribution in [0.15, 0.2) is 54.9 Å². The number of halogens is 3. The van der Waals surface area contributed by atoms with E-state index < -0.39 is 12.0 Å². The summed E-state index contributed by atoms with van der Waals surface area (Å²) < 4.78 is 40.5. The maximum absolute atomic E-state index is 12.2. The van der Waals surface area contributed by atoms with Crippen molar-refractivity contribution >= 4 is 10.9 Å². The molecule has 1 N–H and O–H groups in total. The lowest BCUT2D eigenvalue weighted by Crippen LogP contribution is -2.25. The molecule has 124 valence electrons. The average Bonchev–Trinajstić information content (AvgIpc) is 2.53. The predicted octanol–water partition coefficient (Wildman–Crippen LogP) is 3.78. The highest BCUT2D eigenvalue weighted by atomic mass is 19.4. The molecule has 1 aromatic heterocycles. The standard InChI is InChI=1S/C17H13F3N2O2/c1-16(23,11-6-8-12(9-7-11)24-17(18,19)20)15-13-4-2-3-5-14(13)21-10-22-15/h2-10,23H,1H3. The minimum atomic E-state index is -4.76. The third kappa shape index (κ3) is 3.16. The van der Waals surface area contributed by atoms with Crippen molar-refractivity contribution in [3.05, 3.63) is 66.1 Å². The van der Waals surface area contributed by atoms with Crippen LogP contribution in [-0.4, -0.2) is 21.4 Å². The van der Waals surface area contributed by atoms with E-state index in [-0.39, 0.29) is 5.75 Å². The number of hydrogen-bond acceptors (Lipinski definition) is 4. The Labute approximate surface area is 135 Å². The molecule has 1 unspecified atom stereocenters. The van der Waals surface area contributed by atoms with Crippen LogP contribution in [0.1, 0.15) is 18.2 Å². The van der Waals surface area contributed by atoms with Crippen LogP contribution in [0.3, 0.4) is 0 Å². The largest absolute Gasteiger partial charge is 0.573 e. The number of alkyl halides is 3. The van der Waals surface area contributed by atoms with Gasteiger partial charge in [0.1, 0.15) is 17.7 Å². The van der Waals surface area contributed by atoms with Crippen LogP contribution >= 0.6 is 0 Å². The summed E-state index contributed by atoms with van der Waals surface area (Å²) in [7, 11) is 0. The zero-order valence-electron chi connectivity index (χ0n) is 12.6. The van der Waals surface area contributed by atoms with Crippen molar-refractivity contribution in [2.45, 2.75) is 18.9 Å². The van der Waals surface area contributed by atoms with Crippen LogP contribution in [0.2, 0.25) is 0 Å². The van der Waals surface area contributed by atoms with Gasteiger partial charge in [-0.25, -0.2) is 9.97 Å². The molecule has 0 aliphatic heterocycles. The van der Waals surface area contributed by atoms with Gasteiger partial charge < -0.3 is 9.84 Å². The number of fused-ring (bicyclic) bond motifs is 1. The van der Waals surface area contributed by atoms with E-state index in [0.29, 0.717) is 22.2 Å². The minimum Gasteiger partial charge on any atom is -0.406 e. The molecule has 0 spiro atoms. The summed E-state index contributed by atoms with van der Waals surface area (Å²) in [5.41, 5.74) is -0.0717. The molecule has 0 aliphatic rings. The van der Waals surface area contributed by atoms with Crippen LogP contribution in [0.25, 0.3) is 10.9 Å². The number of ether oxygens (including phenoxy) is 1. The summed E-state index contributed by atoms with van der Waals surface area (Å²) in [6, 6.07) is 12.2. The quantitative estimate of drug-likeness (QED) is 0.792. The zero-order valence-corrected chi connectivity index (χ0v) is 12.6. The summed E-state index contributed by atoms with van der Waals surface area (Å²) in [5, 5.41) is 11.6. The Balaban J connectivity index is 2.00. The maximum Gasteiger partial charge on any atom is 0.573 e. The van der Waals surface area contributed by atoms with Gasteiger partial charge in [-0.3, -0.25) is 0 Å². The second-order valence-electron chi connectivity index (χ2n) is 5.38. The topological polar surface area (TPSA) is 55.2 Å². The SMILES string of the molecule is CC(O)(c1ccc(OC(F)(F)F)cc1)c1ncnc2ccccc12. The first kappa shape index (κ1) is 16.2. The Morgan fingerprint density at radius 3 is 2.29 bits per heavy atom. The van der Waals surface area contributed by atoms with Gasteiger partial charge in [-0.15, -0.1) is 13.2 Å². The highest BCUT2D eigenvalue weighted by Gasteiger charge is 2.32. The second kappa shape index (κ2) is 5.76. The Morgan fingerprint density at radius 1 is 0.958 bits per heavy atom. The van der Waals surface area contributed by atoms with Gasteiger partial charge in [-0.2, -0.15) is 0 Å². The normalized spacial score (nSPS) is 14.4. The summed E-state index contributed by atoms with van der Waals surface area (Å²) >= 11 is 0. The average molecular weight is 334 g/mol. The molecule has 0 amide bonds. The fourth-order valence-electron chi connectivity index (χ4n) is 2.51. The highest BCUT2D eigenvalue weighted by Crippen LogP contribution is 2.33. The first-order chi connectivity index (χ1) is 11.3. The molecule has 0 saturated heterocycles. The summed E-state index contributed by atoms with van der Waals surface area (Å²) in [5.74, 6) is -0.352. The van der Waals surface area contributed by atoms with E-state index in [1.54, 1.807) is 18.2 Å². The number of benzene rings is 2. The van der Waals surface area contributed by atoms with E-state index in [4.69, 9.17) is 0 Å². The Hall–Kier alpha value is -2.67. The summed E-state index contributed by atoms with van der Waals surface area (Å²) in [4.78, 5) is 8.30. The fraction of sp³-hybridized carbons (Fsp3) is 0.176. The van der Waals surface area contributed by atoms with Crippen LogP contribution in [0.4, 0.5) is 13.2 Å². The van der Waals surface area contributed by atoms with Crippen LogP contribution in [0.5, 0.6) is 5.75 Å². The van der Waals surface area contributed by atoms with E-state index in [1.165, 1.54) is 25.4 Å². The molecule has 2 aromatic carbocycles. The van der Waals surface area contributed by atoms with E-state index in [2.05, 4.69) is 14.7 Å². The molecule has 3 rings (SSSR count). The third-order valence-corrected chi connectivity index (χ3v) is 3.65. The number of rotatable bonds is 3. The van der Waals surface area contributed by atoms with E-state index in [9.17, 15) is 18.3 Å². The highest BCUT2D eigenvalue weighted by molar-refractivity contribution is 5.81. The monoisotopic (exact) mass is 334 g/mol. The lowest BCUT2D eigenvalue weighted by molar-refractivity contribution is -0.274. The molecular formula is C17H13F3N2O2. The van der Waals surface area contributed by atoms with Crippen molar-refractivity contribution in [1.82, 2.24) is 9.97 Å². The van der Waals surface area contributed by atoms with Crippen molar-refractivity contribution < 1.29 is 23.0 Å². The first-order valence-electron chi connectivity index (χ1n) is 7.06. The molecule has 0 saturated carbocycles. The van der Waals surface area contributed by atoms with Gasteiger partial charge in [0, 0.05) is 5.39 Å². The van der Waals surface area contributed by atoms with Crippen molar-refractivity contribution in [1.29, 1.82) is 0 Å². The lowest BCUT2D eigenvalue weighted by Gasteiger charge is -2.24. The smallest absolute Gasteiger partial charge is 0.406 e. The van der Waals surface area contributed by atoms with Gasteiger partial charge in [0.25, 0.3) is 0 Å². The van der Waals surface area contributed by atoms with E-state index >= 15 is 0 Å². The summed E-state index contributed by atoms with van der Waals surface area (Å²) in [6.45, 7) is 1.53. The molecule has 0 radical (unpaired) electrons. The zero-order chi connectivity index (χ0) is 17.4. The molecule has 7 heteroatoms. The van der Waals surface area contributed by atoms with Crippen molar-refractivity contribution in [3.63, 3.8) is 0 Å². The van der Waals surface area contributed by atoms with Gasteiger partial charge in [0.15, 0.2) is 0 Å². The van der Waals surface area contributed by atoms with Crippen LogP contribution in [0, 0.1) is 0 Å². The second-order valence-corrected chi connectivity index (χ2v) is 5.38. The minimum absolute atomic E-state index is 0.352. The molecule has 0 bridgehead atoms. The van der Waals surface area contributed by atoms with Gasteiger partial charge >= 0.3 is 6.36 Å². The third-order valence-electron chi connectivity index (χ3n) is 3.65. The van der Waals surface area contributed by atoms with Crippen molar-refractivity contribution in [3.8, 4) is 5.75 Å². The lowest BCUT2D eigenvalue weighted by atomic mass is 9.90. The first-order valence-corrected chi connectivity index (χ1v) is 7.06. The van der Waals surface area contributed by atoms with E-state index in [1.807, 2.05) is 6.07 Å². The molecule has 1 atom stereocenters. The molecule has 3 aromatic rings. The Bertz CT molecular complexity index is 856. The van der Waals surface area contributed by atoms with Crippen molar-refractivity contribution in [2.24, 2.45) is 0 Å². The number of para-hydroxylation sites is 1. The Morgan fingerprint density at radius 2 is 1.62 bits per heavy atom. The van der Waals surface area contributed by atoms with E-state index in [0.717, 1.165) is 12.1 Å². The Kier molecular flexibility index (Phi) is 3.88. The fourth-order valence-corrected chi connectivity index (χ4v) is 2.51. The predicted molar refractivity (Wildman–Crippen MR) is 81.3 cm³/mol.